The lowest BCUT2D eigenvalue weighted by Crippen LogP contribution is -2.35. The van der Waals surface area contributed by atoms with E-state index in [9.17, 15) is 0 Å². The summed E-state index contributed by atoms with van der Waals surface area (Å²) < 4.78 is 0. The maximum absolute atomic E-state index is 3.68. The van der Waals surface area contributed by atoms with Crippen LogP contribution in [0.15, 0.2) is 5.10 Å². The average molecular weight is 115 g/mol. The molecule has 3 heteroatoms. The predicted octanol–water partition coefficient (Wildman–Crippen LogP) is 0.447. The minimum Gasteiger partial charge on any atom is -0.228 e. The fourth-order valence-corrected chi connectivity index (χ4v) is 0.492. The Morgan fingerprint density at radius 2 is 2.12 bits per heavy atom. The largest absolute Gasteiger partial charge is 0.228 e. The Labute approximate surface area is 50.3 Å². The molecule has 0 rings (SSSR count). The molecule has 0 unspecified atom stereocenters. The van der Waals surface area contributed by atoms with E-state index in [1.54, 1.807) is 5.12 Å². The van der Waals surface area contributed by atoms with Crippen LogP contribution in [0.25, 0.3) is 0 Å². The van der Waals surface area contributed by atoms with E-state index in [2.05, 4.69) is 17.2 Å². The molecule has 0 fully saturated rings. The second kappa shape index (κ2) is 3.43. The maximum atomic E-state index is 3.68. The molecule has 0 aliphatic carbocycles. The Bertz CT molecular complexity index is 70.1. The SMILES string of the molecule is C=NN(NC)C(C)C. The van der Waals surface area contributed by atoms with Crippen molar-refractivity contribution in [2.75, 3.05) is 7.05 Å². The highest BCUT2D eigenvalue weighted by Gasteiger charge is 1.98. The van der Waals surface area contributed by atoms with E-state index in [0.29, 0.717) is 6.04 Å². The summed E-state index contributed by atoms with van der Waals surface area (Å²) in [6, 6.07) is 0.373. The van der Waals surface area contributed by atoms with Gasteiger partial charge < -0.3 is 0 Å². The van der Waals surface area contributed by atoms with Gasteiger partial charge in [0.2, 0.25) is 0 Å². The van der Waals surface area contributed by atoms with Crippen molar-refractivity contribution in [3.63, 3.8) is 0 Å². The highest BCUT2D eigenvalue weighted by Crippen LogP contribution is 1.89. The van der Waals surface area contributed by atoms with Crippen LogP contribution in [0.3, 0.4) is 0 Å². The summed E-state index contributed by atoms with van der Waals surface area (Å²) in [5.74, 6) is 0. The Kier molecular flexibility index (Phi) is 3.19. The van der Waals surface area contributed by atoms with Gasteiger partial charge in [-0.1, -0.05) is 0 Å². The van der Waals surface area contributed by atoms with E-state index >= 15 is 0 Å². The molecule has 0 aliphatic rings. The van der Waals surface area contributed by atoms with Crippen molar-refractivity contribution in [1.82, 2.24) is 10.5 Å². The normalized spacial score (nSPS) is 9.50. The molecule has 0 aromatic rings. The Morgan fingerprint density at radius 1 is 1.62 bits per heavy atom. The maximum Gasteiger partial charge on any atom is 0.0586 e. The van der Waals surface area contributed by atoms with Gasteiger partial charge in [0.15, 0.2) is 0 Å². The van der Waals surface area contributed by atoms with Crippen molar-refractivity contribution >= 4 is 6.72 Å². The molecule has 0 saturated heterocycles. The summed E-state index contributed by atoms with van der Waals surface area (Å²) in [5, 5.41) is 5.36. The topological polar surface area (TPSA) is 27.6 Å². The number of nitrogens with zero attached hydrogens (tertiary/aromatic N) is 2. The van der Waals surface area contributed by atoms with Crippen LogP contribution in [0, 0.1) is 0 Å². The highest BCUT2D eigenvalue weighted by molar-refractivity contribution is 5.22. The van der Waals surface area contributed by atoms with Gasteiger partial charge in [0.25, 0.3) is 0 Å². The molecular weight excluding hydrogens is 102 g/mol. The summed E-state index contributed by atoms with van der Waals surface area (Å²) in [6.07, 6.45) is 0. The third-order valence-corrected chi connectivity index (χ3v) is 0.871. The minimum atomic E-state index is 0.373. The molecular formula is C5H13N3. The second-order valence-corrected chi connectivity index (χ2v) is 1.80. The van der Waals surface area contributed by atoms with Gasteiger partial charge in [-0.15, -0.1) is 0 Å². The first-order valence-corrected chi connectivity index (χ1v) is 2.65. The highest BCUT2D eigenvalue weighted by atomic mass is 15.7. The van der Waals surface area contributed by atoms with Crippen LogP contribution in [0.1, 0.15) is 13.8 Å². The van der Waals surface area contributed by atoms with Gasteiger partial charge >= 0.3 is 0 Å². The van der Waals surface area contributed by atoms with E-state index in [4.69, 9.17) is 0 Å². The Morgan fingerprint density at radius 3 is 2.12 bits per heavy atom. The van der Waals surface area contributed by atoms with E-state index in [1.165, 1.54) is 0 Å². The van der Waals surface area contributed by atoms with E-state index < -0.39 is 0 Å². The Balaban J connectivity index is 3.51. The molecule has 0 aliphatic heterocycles. The monoisotopic (exact) mass is 115 g/mol. The lowest BCUT2D eigenvalue weighted by atomic mass is 10.4. The van der Waals surface area contributed by atoms with Crippen LogP contribution in [0.4, 0.5) is 0 Å². The second-order valence-electron chi connectivity index (χ2n) is 1.80. The van der Waals surface area contributed by atoms with Crippen LogP contribution in [0.2, 0.25) is 0 Å². The van der Waals surface area contributed by atoms with Crippen molar-refractivity contribution in [3.8, 4) is 0 Å². The van der Waals surface area contributed by atoms with E-state index in [1.807, 2.05) is 20.9 Å². The predicted molar refractivity (Wildman–Crippen MR) is 35.6 cm³/mol. The van der Waals surface area contributed by atoms with Crippen molar-refractivity contribution in [2.24, 2.45) is 5.10 Å². The van der Waals surface area contributed by atoms with Gasteiger partial charge in [-0.25, -0.2) is 10.5 Å². The van der Waals surface area contributed by atoms with Crippen molar-refractivity contribution in [1.29, 1.82) is 0 Å². The zero-order chi connectivity index (χ0) is 6.57. The standard InChI is InChI=1S/C5H13N3/c1-5(2)8(6-3)7-4/h5,7H,3H2,1-2,4H3. The molecule has 8 heavy (non-hydrogen) atoms. The lowest BCUT2D eigenvalue weighted by molar-refractivity contribution is 0.171. The zero-order valence-corrected chi connectivity index (χ0v) is 5.68. The number of nitrogens with one attached hydrogen (secondary N) is 1. The van der Waals surface area contributed by atoms with Crippen molar-refractivity contribution in [2.45, 2.75) is 19.9 Å². The van der Waals surface area contributed by atoms with Crippen LogP contribution in [-0.4, -0.2) is 24.9 Å². The first-order chi connectivity index (χ1) is 3.72. The summed E-state index contributed by atoms with van der Waals surface area (Å²) in [7, 11) is 1.81. The fraction of sp³-hybridized carbons (Fsp3) is 0.800. The third-order valence-electron chi connectivity index (χ3n) is 0.871. The molecule has 0 saturated carbocycles. The number of hydrazone groups is 1. The zero-order valence-electron chi connectivity index (χ0n) is 5.68. The van der Waals surface area contributed by atoms with Gasteiger partial charge in [-0.05, 0) is 13.8 Å². The molecule has 0 amide bonds. The molecule has 3 nitrogen and oxygen atoms in total. The summed E-state index contributed by atoms with van der Waals surface area (Å²) >= 11 is 0. The van der Waals surface area contributed by atoms with Crippen LogP contribution >= 0.6 is 0 Å². The van der Waals surface area contributed by atoms with Gasteiger partial charge in [0.1, 0.15) is 0 Å². The van der Waals surface area contributed by atoms with E-state index in [-0.39, 0.29) is 0 Å². The molecule has 0 bridgehead atoms. The third kappa shape index (κ3) is 1.93. The summed E-state index contributed by atoms with van der Waals surface area (Å²) in [6.45, 7) is 7.43. The van der Waals surface area contributed by atoms with Crippen molar-refractivity contribution in [3.05, 3.63) is 0 Å². The molecule has 0 aromatic heterocycles. The molecule has 0 radical (unpaired) electrons. The van der Waals surface area contributed by atoms with Gasteiger partial charge in [-0.2, -0.15) is 5.10 Å². The number of hydrogen-bond donors (Lipinski definition) is 1. The van der Waals surface area contributed by atoms with Crippen LogP contribution < -0.4 is 5.43 Å². The van der Waals surface area contributed by atoms with Crippen LogP contribution in [-0.2, 0) is 0 Å². The van der Waals surface area contributed by atoms with Gasteiger partial charge in [0, 0.05) is 13.8 Å². The van der Waals surface area contributed by atoms with Gasteiger partial charge in [-0.3, -0.25) is 0 Å². The molecule has 0 aromatic carbocycles. The molecule has 0 spiro atoms. The molecule has 1 N–H and O–H groups in total. The number of hydrogen-bond acceptors (Lipinski definition) is 3. The lowest BCUT2D eigenvalue weighted by Gasteiger charge is -2.20. The van der Waals surface area contributed by atoms with Crippen LogP contribution in [0.5, 0.6) is 0 Å². The van der Waals surface area contributed by atoms with E-state index in [0.717, 1.165) is 0 Å². The summed E-state index contributed by atoms with van der Waals surface area (Å²) in [4.78, 5) is 0. The molecule has 0 heterocycles. The fourth-order valence-electron chi connectivity index (χ4n) is 0.492. The quantitative estimate of drug-likeness (QED) is 0.427. The minimum absolute atomic E-state index is 0.373. The number of hydrazine groups is 1. The molecule has 48 valence electrons. The average Bonchev–Trinajstić information content (AvgIpc) is 1.69. The smallest absolute Gasteiger partial charge is 0.0586 e. The summed E-state index contributed by atoms with van der Waals surface area (Å²) in [5.41, 5.74) is 2.86. The van der Waals surface area contributed by atoms with Crippen molar-refractivity contribution < 1.29 is 0 Å². The molecule has 0 atom stereocenters. The van der Waals surface area contributed by atoms with Gasteiger partial charge in [0.05, 0.1) is 6.04 Å². The Hall–Kier alpha value is -0.570. The number of rotatable bonds is 3. The first-order valence-electron chi connectivity index (χ1n) is 2.65. The first kappa shape index (κ1) is 7.43.